The summed E-state index contributed by atoms with van der Waals surface area (Å²) >= 11 is 1.18. The molecule has 3 rings (SSSR count). The lowest BCUT2D eigenvalue weighted by atomic mass is 9.80. The number of nitrogens with one attached hydrogen (secondary N) is 3. The topological polar surface area (TPSA) is 193 Å². The molecule has 0 saturated carbocycles. The molecule has 1 fully saturated rings. The van der Waals surface area contributed by atoms with Crippen molar-refractivity contribution in [3.05, 3.63) is 40.0 Å². The number of nitrogens with two attached hydrogens (primary N) is 1. The summed E-state index contributed by atoms with van der Waals surface area (Å²) in [4.78, 5) is 73.8. The molecule has 324 valence electrons. The lowest BCUT2D eigenvalue weighted by molar-refractivity contribution is -0.151. The van der Waals surface area contributed by atoms with Crippen molar-refractivity contribution in [1.29, 1.82) is 0 Å². The van der Waals surface area contributed by atoms with Crippen LogP contribution in [0.1, 0.15) is 137 Å². The van der Waals surface area contributed by atoms with Crippen LogP contribution in [0.5, 0.6) is 0 Å². The fraction of sp³-hybridized carbons (Fsp3) is 0.674. The standard InChI is InChI=1S/C43H67FN6O7S/c1-10-12-13-14-20-50(40(54)36(27(5)11-2)38(53)49-43(9)18-15-19-46-43)33(26(3)4)23-34(57-28(6)51)39-48-35(25-58-39)47-37(52)30(24-42(7,8)41(55)56)21-29-16-17-32(45)31(44)22-29/h16-17,22,25-27,30,33-34,36,46H,10-15,18-21,23-24,45H2,1-9H3,(H,47,52)(H,49,53)(H,55,56)/t27-,30-,33+,34+,36-,43+/m0/s1. The minimum atomic E-state index is -1.27. The molecule has 1 aromatic heterocycles. The number of amides is 3. The van der Waals surface area contributed by atoms with Crippen LogP contribution in [-0.4, -0.2) is 69.4 Å². The molecule has 2 aromatic rings. The van der Waals surface area contributed by atoms with Gasteiger partial charge in [-0.05, 0) is 89.0 Å². The summed E-state index contributed by atoms with van der Waals surface area (Å²) in [5.41, 5.74) is 4.24. The van der Waals surface area contributed by atoms with Crippen LogP contribution in [0.3, 0.4) is 0 Å². The second kappa shape index (κ2) is 21.8. The molecule has 1 saturated heterocycles. The minimum Gasteiger partial charge on any atom is -0.481 e. The lowest BCUT2D eigenvalue weighted by Gasteiger charge is -2.39. The number of hydrogen-bond donors (Lipinski definition) is 5. The van der Waals surface area contributed by atoms with Crippen LogP contribution in [-0.2, 0) is 35.1 Å². The molecule has 1 aliphatic heterocycles. The van der Waals surface area contributed by atoms with E-state index < -0.39 is 58.7 Å². The molecule has 0 unspecified atom stereocenters. The van der Waals surface area contributed by atoms with E-state index in [0.717, 1.165) is 45.1 Å². The first-order valence-electron chi connectivity index (χ1n) is 20.8. The highest BCUT2D eigenvalue weighted by molar-refractivity contribution is 7.10. The van der Waals surface area contributed by atoms with Crippen LogP contribution < -0.4 is 21.7 Å². The highest BCUT2D eigenvalue weighted by Crippen LogP contribution is 2.35. The number of aromatic nitrogens is 1. The Bertz CT molecular complexity index is 1710. The molecule has 15 heteroatoms. The Kier molecular flexibility index (Phi) is 18.1. The van der Waals surface area contributed by atoms with Crippen LogP contribution in [0.15, 0.2) is 23.6 Å². The number of unbranched alkanes of at least 4 members (excludes halogenated alkanes) is 3. The van der Waals surface area contributed by atoms with E-state index in [1.54, 1.807) is 11.4 Å². The number of carbonyl (C=O) groups excluding carboxylic acids is 4. The number of carboxylic acids is 1. The van der Waals surface area contributed by atoms with Crippen molar-refractivity contribution in [3.63, 3.8) is 0 Å². The maximum absolute atomic E-state index is 14.8. The number of carboxylic acid groups (broad SMARTS) is 1. The monoisotopic (exact) mass is 830 g/mol. The van der Waals surface area contributed by atoms with Crippen LogP contribution in [0.2, 0.25) is 0 Å². The SMILES string of the molecule is CCCCCCN(C(=O)[C@H](C(=O)N[C@]1(C)CCCN1)[C@@H](C)CC)[C@H](C[C@@H](OC(C)=O)c1nc(NC(=O)[C@@H](Cc2ccc(N)c(F)c2)CC(C)(C)C(=O)O)cs1)C(C)C. The smallest absolute Gasteiger partial charge is 0.309 e. The van der Waals surface area contributed by atoms with Crippen molar-refractivity contribution in [1.82, 2.24) is 20.5 Å². The molecule has 13 nitrogen and oxygen atoms in total. The Morgan fingerprint density at radius 3 is 2.40 bits per heavy atom. The molecule has 0 aliphatic carbocycles. The van der Waals surface area contributed by atoms with Gasteiger partial charge in [0.05, 0.1) is 16.8 Å². The van der Waals surface area contributed by atoms with Gasteiger partial charge in [0.25, 0.3) is 0 Å². The number of thiazole rings is 1. The summed E-state index contributed by atoms with van der Waals surface area (Å²) in [5, 5.41) is 21.2. The van der Waals surface area contributed by atoms with Gasteiger partial charge in [-0.15, -0.1) is 11.3 Å². The van der Waals surface area contributed by atoms with E-state index in [9.17, 15) is 33.5 Å². The maximum atomic E-state index is 14.8. The number of benzene rings is 1. The third-order valence-corrected chi connectivity index (χ3v) is 12.2. The van der Waals surface area contributed by atoms with E-state index in [-0.39, 0.29) is 54.4 Å². The number of nitrogens with zero attached hydrogens (tertiary/aromatic N) is 2. The van der Waals surface area contributed by atoms with E-state index in [2.05, 4.69) is 27.9 Å². The average molecular weight is 831 g/mol. The van der Waals surface area contributed by atoms with Gasteiger partial charge in [-0.1, -0.05) is 66.4 Å². The summed E-state index contributed by atoms with van der Waals surface area (Å²) in [5.74, 6) is -5.28. The van der Waals surface area contributed by atoms with Gasteiger partial charge in [0, 0.05) is 37.2 Å². The van der Waals surface area contributed by atoms with Gasteiger partial charge in [-0.25, -0.2) is 9.37 Å². The summed E-state index contributed by atoms with van der Waals surface area (Å²) in [6.45, 7) is 17.5. The number of hydrogen-bond acceptors (Lipinski definition) is 10. The second-order valence-electron chi connectivity index (χ2n) is 17.2. The number of halogens is 1. The van der Waals surface area contributed by atoms with Gasteiger partial charge in [0.1, 0.15) is 22.6 Å². The van der Waals surface area contributed by atoms with Crippen molar-refractivity contribution < 1.29 is 38.2 Å². The summed E-state index contributed by atoms with van der Waals surface area (Å²) in [6, 6.07) is 3.80. The molecule has 3 amide bonds. The summed E-state index contributed by atoms with van der Waals surface area (Å²) in [6.07, 6.45) is 5.30. The van der Waals surface area contributed by atoms with Gasteiger partial charge < -0.3 is 31.1 Å². The van der Waals surface area contributed by atoms with Gasteiger partial charge in [-0.3, -0.25) is 29.3 Å². The van der Waals surface area contributed by atoms with Crippen LogP contribution in [0.25, 0.3) is 0 Å². The number of anilines is 2. The van der Waals surface area contributed by atoms with E-state index in [0.29, 0.717) is 23.5 Å². The normalized spacial score (nSPS) is 18.2. The zero-order valence-corrected chi connectivity index (χ0v) is 36.7. The summed E-state index contributed by atoms with van der Waals surface area (Å²) < 4.78 is 20.2. The predicted octanol–water partition coefficient (Wildman–Crippen LogP) is 7.47. The second-order valence-corrected chi connectivity index (χ2v) is 18.1. The molecular weight excluding hydrogens is 764 g/mol. The highest BCUT2D eigenvalue weighted by atomic mass is 32.1. The average Bonchev–Trinajstić information content (AvgIpc) is 3.79. The first-order valence-corrected chi connectivity index (χ1v) is 21.7. The van der Waals surface area contributed by atoms with Gasteiger partial charge in [0.15, 0.2) is 6.10 Å². The zero-order valence-electron chi connectivity index (χ0n) is 35.9. The largest absolute Gasteiger partial charge is 0.481 e. The first-order chi connectivity index (χ1) is 27.2. The number of ether oxygens (including phenoxy) is 1. The lowest BCUT2D eigenvalue weighted by Crippen LogP contribution is -2.58. The summed E-state index contributed by atoms with van der Waals surface area (Å²) in [7, 11) is 0. The molecule has 0 radical (unpaired) electrons. The first kappa shape index (κ1) is 48.3. The van der Waals surface area contributed by atoms with Crippen LogP contribution in [0, 0.1) is 34.9 Å². The molecule has 1 aliphatic rings. The molecule has 1 aromatic carbocycles. The maximum Gasteiger partial charge on any atom is 0.309 e. The third-order valence-electron chi connectivity index (χ3n) is 11.3. The Labute approximate surface area is 347 Å². The molecule has 2 heterocycles. The predicted molar refractivity (Wildman–Crippen MR) is 225 cm³/mol. The molecule has 0 spiro atoms. The number of carbonyl (C=O) groups is 5. The van der Waals surface area contributed by atoms with Crippen molar-refractivity contribution in [3.8, 4) is 0 Å². The fourth-order valence-electron chi connectivity index (χ4n) is 7.57. The third kappa shape index (κ3) is 13.7. The fourth-order valence-corrected chi connectivity index (χ4v) is 8.36. The Morgan fingerprint density at radius 1 is 1.12 bits per heavy atom. The van der Waals surface area contributed by atoms with Crippen molar-refractivity contribution in [2.75, 3.05) is 24.1 Å². The van der Waals surface area contributed by atoms with Gasteiger partial charge in [-0.2, -0.15) is 0 Å². The van der Waals surface area contributed by atoms with E-state index in [4.69, 9.17) is 10.5 Å². The Balaban J connectivity index is 1.95. The number of nitrogen functional groups attached to an aromatic ring is 1. The molecule has 0 bridgehead atoms. The Hall–Kier alpha value is -4.11. The molecular formula is C43H67FN6O7S. The van der Waals surface area contributed by atoms with Crippen LogP contribution in [0.4, 0.5) is 15.9 Å². The van der Waals surface area contributed by atoms with E-state index in [1.165, 1.54) is 44.2 Å². The van der Waals surface area contributed by atoms with Crippen molar-refractivity contribution >= 4 is 52.5 Å². The van der Waals surface area contributed by atoms with E-state index >= 15 is 0 Å². The highest BCUT2D eigenvalue weighted by Gasteiger charge is 2.42. The molecule has 6 atom stereocenters. The van der Waals surface area contributed by atoms with Crippen molar-refractivity contribution in [2.24, 2.45) is 29.1 Å². The number of rotatable bonds is 23. The van der Waals surface area contributed by atoms with E-state index in [1.807, 2.05) is 39.5 Å². The van der Waals surface area contributed by atoms with Gasteiger partial charge in [0.2, 0.25) is 17.7 Å². The quantitative estimate of drug-likeness (QED) is 0.0325. The van der Waals surface area contributed by atoms with Crippen LogP contribution >= 0.6 is 11.3 Å². The zero-order chi connectivity index (χ0) is 43.4. The number of aliphatic carboxylic acids is 1. The minimum absolute atomic E-state index is 0.0382. The number of esters is 1. The molecule has 58 heavy (non-hydrogen) atoms. The van der Waals surface area contributed by atoms with Crippen molar-refractivity contribution in [2.45, 2.75) is 144 Å². The van der Waals surface area contributed by atoms with Gasteiger partial charge >= 0.3 is 11.9 Å². The Morgan fingerprint density at radius 2 is 1.83 bits per heavy atom. The molecule has 6 N–H and O–H groups in total.